The van der Waals surface area contributed by atoms with Gasteiger partial charge < -0.3 is 5.11 Å². The van der Waals surface area contributed by atoms with Crippen LogP contribution in [-0.4, -0.2) is 16.1 Å². The van der Waals surface area contributed by atoms with Crippen molar-refractivity contribution in [2.75, 3.05) is 0 Å². The fourth-order valence-electron chi connectivity index (χ4n) is 1.88. The third kappa shape index (κ3) is 1.20. The van der Waals surface area contributed by atoms with Gasteiger partial charge in [-0.3, -0.25) is 9.78 Å². The monoisotopic (exact) mass is 191 g/mol. The Morgan fingerprint density at radius 3 is 2.86 bits per heavy atom. The van der Waals surface area contributed by atoms with Crippen LogP contribution in [0.5, 0.6) is 0 Å². The number of rotatable bonds is 3. The van der Waals surface area contributed by atoms with Crippen molar-refractivity contribution in [3.05, 3.63) is 29.6 Å². The summed E-state index contributed by atoms with van der Waals surface area (Å²) in [4.78, 5) is 15.3. The molecule has 0 saturated heterocycles. The average molecular weight is 191 g/mol. The fraction of sp³-hybridized carbons (Fsp3) is 0.455. The summed E-state index contributed by atoms with van der Waals surface area (Å²) >= 11 is 0. The maximum Gasteiger partial charge on any atom is 0.314 e. The highest BCUT2D eigenvalue weighted by Crippen LogP contribution is 2.49. The minimum Gasteiger partial charge on any atom is -0.481 e. The van der Waals surface area contributed by atoms with Crippen molar-refractivity contribution in [3.63, 3.8) is 0 Å². The fourth-order valence-corrected chi connectivity index (χ4v) is 1.88. The molecule has 3 nitrogen and oxygen atoms in total. The third-order valence-corrected chi connectivity index (χ3v) is 2.90. The summed E-state index contributed by atoms with van der Waals surface area (Å²) in [7, 11) is 0. The van der Waals surface area contributed by atoms with Crippen LogP contribution in [0.15, 0.2) is 18.3 Å². The molecule has 1 aliphatic carbocycles. The predicted molar refractivity (Wildman–Crippen MR) is 52.2 cm³/mol. The van der Waals surface area contributed by atoms with E-state index in [4.69, 9.17) is 5.11 Å². The van der Waals surface area contributed by atoms with Crippen LogP contribution in [0.2, 0.25) is 0 Å². The SMILES string of the molecule is CCc1ncccc1C1(C(=O)O)CC1. The maximum absolute atomic E-state index is 11.1. The normalized spacial score (nSPS) is 17.8. The average Bonchev–Trinajstić information content (AvgIpc) is 2.98. The Hall–Kier alpha value is -1.38. The number of aromatic nitrogens is 1. The van der Waals surface area contributed by atoms with E-state index in [9.17, 15) is 4.79 Å². The van der Waals surface area contributed by atoms with Gasteiger partial charge in [-0.25, -0.2) is 0 Å². The summed E-state index contributed by atoms with van der Waals surface area (Å²) in [5.41, 5.74) is 1.22. The molecular formula is C11H13NO2. The van der Waals surface area contributed by atoms with Gasteiger partial charge in [0.25, 0.3) is 0 Å². The van der Waals surface area contributed by atoms with Gasteiger partial charge in [-0.1, -0.05) is 13.0 Å². The first-order chi connectivity index (χ1) is 6.70. The van der Waals surface area contributed by atoms with Gasteiger partial charge in [-0.15, -0.1) is 0 Å². The van der Waals surface area contributed by atoms with Crippen LogP contribution in [0.1, 0.15) is 31.0 Å². The van der Waals surface area contributed by atoms with Crippen LogP contribution >= 0.6 is 0 Å². The van der Waals surface area contributed by atoms with Crippen molar-refractivity contribution < 1.29 is 9.90 Å². The Morgan fingerprint density at radius 1 is 1.64 bits per heavy atom. The number of aliphatic carboxylic acids is 1. The highest BCUT2D eigenvalue weighted by Gasteiger charge is 2.52. The molecule has 0 amide bonds. The molecule has 0 aliphatic heterocycles. The molecule has 1 aliphatic rings. The smallest absolute Gasteiger partial charge is 0.314 e. The van der Waals surface area contributed by atoms with Crippen molar-refractivity contribution >= 4 is 5.97 Å². The zero-order valence-corrected chi connectivity index (χ0v) is 8.16. The number of carbonyl (C=O) groups is 1. The molecule has 1 saturated carbocycles. The minimum atomic E-state index is -0.708. The first-order valence-corrected chi connectivity index (χ1v) is 4.88. The van der Waals surface area contributed by atoms with Gasteiger partial charge in [0.1, 0.15) is 0 Å². The van der Waals surface area contributed by atoms with Gasteiger partial charge in [0.15, 0.2) is 0 Å². The lowest BCUT2D eigenvalue weighted by atomic mass is 9.94. The van der Waals surface area contributed by atoms with Crippen molar-refractivity contribution in [3.8, 4) is 0 Å². The lowest BCUT2D eigenvalue weighted by molar-refractivity contribution is -0.140. The summed E-state index contributed by atoms with van der Waals surface area (Å²) in [6, 6.07) is 3.71. The Bertz CT molecular complexity index is 369. The Labute approximate surface area is 82.8 Å². The number of nitrogens with zero attached hydrogens (tertiary/aromatic N) is 1. The van der Waals surface area contributed by atoms with Gasteiger partial charge in [0, 0.05) is 11.9 Å². The van der Waals surface area contributed by atoms with Gasteiger partial charge in [0.05, 0.1) is 5.41 Å². The Balaban J connectivity index is 2.46. The topological polar surface area (TPSA) is 50.2 Å². The summed E-state index contributed by atoms with van der Waals surface area (Å²) < 4.78 is 0. The van der Waals surface area contributed by atoms with Crippen molar-refractivity contribution in [1.82, 2.24) is 4.98 Å². The van der Waals surface area contributed by atoms with Crippen LogP contribution in [0.3, 0.4) is 0 Å². The summed E-state index contributed by atoms with van der Waals surface area (Å²) in [6.45, 7) is 2.00. The molecule has 1 N–H and O–H groups in total. The first kappa shape index (κ1) is 9.19. The molecular weight excluding hydrogens is 178 g/mol. The number of carboxylic acids is 1. The number of carboxylic acid groups (broad SMARTS) is 1. The minimum absolute atomic E-state index is 0.612. The molecule has 1 fully saturated rings. The highest BCUT2D eigenvalue weighted by atomic mass is 16.4. The summed E-state index contributed by atoms with van der Waals surface area (Å²) in [5.74, 6) is -0.708. The zero-order chi connectivity index (χ0) is 10.2. The third-order valence-electron chi connectivity index (χ3n) is 2.90. The van der Waals surface area contributed by atoms with Crippen LogP contribution in [0.4, 0.5) is 0 Å². The number of aryl methyl sites for hydroxylation is 1. The van der Waals surface area contributed by atoms with E-state index in [1.165, 1.54) is 0 Å². The summed E-state index contributed by atoms with van der Waals surface area (Å²) in [5, 5.41) is 9.15. The van der Waals surface area contributed by atoms with E-state index in [0.717, 1.165) is 30.5 Å². The molecule has 0 aromatic carbocycles. The number of hydrogen-bond acceptors (Lipinski definition) is 2. The van der Waals surface area contributed by atoms with Crippen molar-refractivity contribution in [2.45, 2.75) is 31.6 Å². The standard InChI is InChI=1S/C11H13NO2/c1-2-9-8(4-3-7-12-9)11(5-6-11)10(13)14/h3-4,7H,2,5-6H2,1H3,(H,13,14). The van der Waals surface area contributed by atoms with Gasteiger partial charge in [-0.2, -0.15) is 0 Å². The number of pyridine rings is 1. The quantitative estimate of drug-likeness (QED) is 0.792. The van der Waals surface area contributed by atoms with E-state index in [0.29, 0.717) is 0 Å². The highest BCUT2D eigenvalue weighted by molar-refractivity contribution is 5.85. The molecule has 14 heavy (non-hydrogen) atoms. The van der Waals surface area contributed by atoms with Crippen LogP contribution in [-0.2, 0) is 16.6 Å². The molecule has 74 valence electrons. The Kier molecular flexibility index (Phi) is 2.02. The van der Waals surface area contributed by atoms with E-state index in [1.54, 1.807) is 6.20 Å². The van der Waals surface area contributed by atoms with Gasteiger partial charge in [-0.05, 0) is 30.9 Å². The first-order valence-electron chi connectivity index (χ1n) is 4.88. The zero-order valence-electron chi connectivity index (χ0n) is 8.16. The Morgan fingerprint density at radius 2 is 2.36 bits per heavy atom. The van der Waals surface area contributed by atoms with Crippen molar-refractivity contribution in [2.24, 2.45) is 0 Å². The lowest BCUT2D eigenvalue weighted by Crippen LogP contribution is -2.21. The molecule has 0 bridgehead atoms. The second kappa shape index (κ2) is 3.08. The predicted octanol–water partition coefficient (Wildman–Crippen LogP) is 1.76. The molecule has 0 radical (unpaired) electrons. The molecule has 3 heteroatoms. The molecule has 0 unspecified atom stereocenters. The van der Waals surface area contributed by atoms with Crippen LogP contribution in [0, 0.1) is 0 Å². The lowest BCUT2D eigenvalue weighted by Gasteiger charge is -2.13. The van der Waals surface area contributed by atoms with Crippen LogP contribution in [0.25, 0.3) is 0 Å². The molecule has 1 aromatic heterocycles. The van der Waals surface area contributed by atoms with Crippen LogP contribution < -0.4 is 0 Å². The maximum atomic E-state index is 11.1. The van der Waals surface area contributed by atoms with E-state index < -0.39 is 11.4 Å². The van der Waals surface area contributed by atoms with Gasteiger partial charge >= 0.3 is 5.97 Å². The molecule has 0 spiro atoms. The van der Waals surface area contributed by atoms with E-state index >= 15 is 0 Å². The molecule has 0 atom stereocenters. The number of hydrogen-bond donors (Lipinski definition) is 1. The van der Waals surface area contributed by atoms with E-state index in [1.807, 2.05) is 19.1 Å². The molecule has 1 aromatic rings. The molecule has 1 heterocycles. The summed E-state index contributed by atoms with van der Waals surface area (Å²) in [6.07, 6.45) is 4.02. The van der Waals surface area contributed by atoms with E-state index in [2.05, 4.69) is 4.98 Å². The van der Waals surface area contributed by atoms with Gasteiger partial charge in [0.2, 0.25) is 0 Å². The molecule has 2 rings (SSSR count). The second-order valence-electron chi connectivity index (χ2n) is 3.74. The second-order valence-corrected chi connectivity index (χ2v) is 3.74. The van der Waals surface area contributed by atoms with E-state index in [-0.39, 0.29) is 0 Å². The van der Waals surface area contributed by atoms with Crippen molar-refractivity contribution in [1.29, 1.82) is 0 Å². The largest absolute Gasteiger partial charge is 0.481 e.